The Morgan fingerprint density at radius 1 is 0.789 bits per heavy atom. The predicted octanol–water partition coefficient (Wildman–Crippen LogP) is 8.93. The molecule has 3 nitrogen and oxygen atoms in total. The van der Waals surface area contributed by atoms with E-state index in [4.69, 9.17) is 9.47 Å². The third-order valence-corrected chi connectivity index (χ3v) is 6.83. The van der Waals surface area contributed by atoms with Crippen LogP contribution in [0.5, 0.6) is 11.5 Å². The molecule has 0 atom stereocenters. The van der Waals surface area contributed by atoms with Gasteiger partial charge in [-0.1, -0.05) is 48.6 Å². The van der Waals surface area contributed by atoms with Crippen molar-refractivity contribution >= 4 is 12.2 Å². The number of ether oxygens (including phenoxy) is 2. The zero-order valence-electron chi connectivity index (χ0n) is 21.0. The molecule has 0 saturated heterocycles. The van der Waals surface area contributed by atoms with Gasteiger partial charge in [0.1, 0.15) is 0 Å². The van der Waals surface area contributed by atoms with Gasteiger partial charge >= 0.3 is 6.18 Å². The summed E-state index contributed by atoms with van der Waals surface area (Å²) in [5.41, 5.74) is 3.43. The van der Waals surface area contributed by atoms with Gasteiger partial charge < -0.3 is 9.47 Å². The van der Waals surface area contributed by atoms with Crippen LogP contribution in [0.4, 0.5) is 13.2 Å². The molecule has 4 aromatic rings. The lowest BCUT2D eigenvalue weighted by molar-refractivity contribution is -0.137. The van der Waals surface area contributed by atoms with E-state index in [9.17, 15) is 13.2 Å². The number of nitrogens with zero attached hydrogens (tertiary/aromatic N) is 1. The Morgan fingerprint density at radius 3 is 2.24 bits per heavy atom. The molecule has 1 fully saturated rings. The highest BCUT2D eigenvalue weighted by Crippen LogP contribution is 2.41. The molecule has 38 heavy (non-hydrogen) atoms. The third kappa shape index (κ3) is 5.75. The molecule has 0 unspecified atom stereocenters. The maximum absolute atomic E-state index is 13.8. The second kappa shape index (κ2) is 11.1. The molecule has 0 bridgehead atoms. The van der Waals surface area contributed by atoms with E-state index in [2.05, 4.69) is 4.98 Å². The van der Waals surface area contributed by atoms with Crippen LogP contribution in [0.2, 0.25) is 0 Å². The zero-order chi connectivity index (χ0) is 26.5. The Balaban J connectivity index is 1.63. The van der Waals surface area contributed by atoms with Gasteiger partial charge in [0.2, 0.25) is 0 Å². The minimum absolute atomic E-state index is 0.134. The van der Waals surface area contributed by atoms with E-state index in [0.29, 0.717) is 17.1 Å². The Labute approximate surface area is 220 Å². The number of benzene rings is 3. The van der Waals surface area contributed by atoms with Gasteiger partial charge in [0, 0.05) is 12.4 Å². The second-order valence-electron chi connectivity index (χ2n) is 9.35. The van der Waals surface area contributed by atoms with E-state index in [1.54, 1.807) is 31.6 Å². The molecule has 0 radical (unpaired) electrons. The number of alkyl halides is 3. The average molecular weight is 516 g/mol. The molecule has 1 aromatic heterocycles. The Hall–Kier alpha value is -4.06. The van der Waals surface area contributed by atoms with Crippen LogP contribution < -0.4 is 9.47 Å². The largest absolute Gasteiger partial charge is 0.493 e. The summed E-state index contributed by atoms with van der Waals surface area (Å²) in [7, 11) is 1.61. The van der Waals surface area contributed by atoms with Crippen molar-refractivity contribution in [3.05, 3.63) is 102 Å². The Bertz CT molecular complexity index is 1420. The molecule has 194 valence electrons. The molecule has 6 heteroatoms. The molecule has 3 aromatic carbocycles. The fourth-order valence-electron chi connectivity index (χ4n) is 4.88. The van der Waals surface area contributed by atoms with Gasteiger partial charge in [-0.3, -0.25) is 4.98 Å². The van der Waals surface area contributed by atoms with Gasteiger partial charge in [0.05, 0.1) is 18.8 Å². The minimum Gasteiger partial charge on any atom is -0.493 e. The number of methoxy groups -OCH3 is 1. The quantitative estimate of drug-likeness (QED) is 0.246. The second-order valence-corrected chi connectivity index (χ2v) is 9.35. The van der Waals surface area contributed by atoms with Crippen LogP contribution in [0, 0.1) is 0 Å². The summed E-state index contributed by atoms with van der Waals surface area (Å²) in [6.45, 7) is 0. The Kier molecular flexibility index (Phi) is 7.50. The topological polar surface area (TPSA) is 31.4 Å². The van der Waals surface area contributed by atoms with E-state index in [0.717, 1.165) is 54.0 Å². The number of hydrogen-bond donors (Lipinski definition) is 0. The van der Waals surface area contributed by atoms with Crippen molar-refractivity contribution in [2.75, 3.05) is 7.11 Å². The van der Waals surface area contributed by atoms with E-state index in [1.165, 1.54) is 12.1 Å². The van der Waals surface area contributed by atoms with Gasteiger partial charge in [-0.25, -0.2) is 0 Å². The lowest BCUT2D eigenvalue weighted by atomic mass is 9.92. The van der Waals surface area contributed by atoms with Gasteiger partial charge in [0.25, 0.3) is 0 Å². The van der Waals surface area contributed by atoms with Crippen molar-refractivity contribution < 1.29 is 22.6 Å². The number of aromatic nitrogens is 1. The number of halogens is 3. The summed E-state index contributed by atoms with van der Waals surface area (Å²) < 4.78 is 53.4. The van der Waals surface area contributed by atoms with Crippen LogP contribution in [-0.4, -0.2) is 18.2 Å². The van der Waals surface area contributed by atoms with Crippen molar-refractivity contribution in [3.8, 4) is 33.8 Å². The molecular weight excluding hydrogens is 487 g/mol. The standard InChI is InChI=1S/C32H28F3NO2/c1-37-30-15-14-25(21-31(30)38-26-6-2-3-7-26)28-20-24(27-8-4-5-9-29(27)32(33,34)35)13-12-23(28)11-10-22-16-18-36-19-17-22/h4-5,8-21,26H,2-3,6-7H2,1H3. The van der Waals surface area contributed by atoms with Crippen molar-refractivity contribution in [1.82, 2.24) is 4.98 Å². The van der Waals surface area contributed by atoms with Crippen LogP contribution in [0.25, 0.3) is 34.4 Å². The number of pyridine rings is 1. The summed E-state index contributed by atoms with van der Waals surface area (Å²) in [6, 6.07) is 20.6. The molecular formula is C32H28F3NO2. The van der Waals surface area contributed by atoms with Crippen LogP contribution in [0.1, 0.15) is 42.4 Å². The van der Waals surface area contributed by atoms with Crippen LogP contribution in [-0.2, 0) is 6.18 Å². The predicted molar refractivity (Wildman–Crippen MR) is 145 cm³/mol. The van der Waals surface area contributed by atoms with Gasteiger partial charge in [-0.05, 0) is 95.5 Å². The molecule has 1 saturated carbocycles. The summed E-state index contributed by atoms with van der Waals surface area (Å²) in [5, 5.41) is 0. The lowest BCUT2D eigenvalue weighted by Gasteiger charge is -2.18. The van der Waals surface area contributed by atoms with E-state index >= 15 is 0 Å². The smallest absolute Gasteiger partial charge is 0.417 e. The first-order valence-corrected chi connectivity index (χ1v) is 12.7. The van der Waals surface area contributed by atoms with Crippen LogP contribution >= 0.6 is 0 Å². The molecule has 0 spiro atoms. The third-order valence-electron chi connectivity index (χ3n) is 6.83. The highest BCUT2D eigenvalue weighted by atomic mass is 19.4. The van der Waals surface area contributed by atoms with Crippen molar-refractivity contribution in [3.63, 3.8) is 0 Å². The lowest BCUT2D eigenvalue weighted by Crippen LogP contribution is -2.11. The molecule has 5 rings (SSSR count). The molecule has 1 aliphatic rings. The molecule has 0 aliphatic heterocycles. The van der Waals surface area contributed by atoms with E-state index in [1.807, 2.05) is 54.6 Å². The SMILES string of the molecule is COc1ccc(-c2cc(-c3ccccc3C(F)(F)F)ccc2C=Cc2ccncc2)cc1OC1CCCC1. The van der Waals surface area contributed by atoms with E-state index < -0.39 is 11.7 Å². The first-order chi connectivity index (χ1) is 18.4. The highest BCUT2D eigenvalue weighted by molar-refractivity contribution is 5.85. The zero-order valence-corrected chi connectivity index (χ0v) is 21.0. The van der Waals surface area contributed by atoms with Crippen molar-refractivity contribution in [1.29, 1.82) is 0 Å². The summed E-state index contributed by atoms with van der Waals surface area (Å²) >= 11 is 0. The fourth-order valence-corrected chi connectivity index (χ4v) is 4.88. The van der Waals surface area contributed by atoms with Gasteiger partial charge in [-0.15, -0.1) is 0 Å². The molecule has 1 heterocycles. The minimum atomic E-state index is -4.46. The monoisotopic (exact) mass is 515 g/mol. The molecule has 0 N–H and O–H groups in total. The summed E-state index contributed by atoms with van der Waals surface area (Å²) in [5.74, 6) is 1.27. The first kappa shape index (κ1) is 25.6. The number of rotatable bonds is 7. The van der Waals surface area contributed by atoms with Crippen molar-refractivity contribution in [2.24, 2.45) is 0 Å². The number of hydrogen-bond acceptors (Lipinski definition) is 3. The normalized spacial score (nSPS) is 14.2. The maximum Gasteiger partial charge on any atom is 0.417 e. The summed E-state index contributed by atoms with van der Waals surface area (Å²) in [6.07, 6.45) is 7.30. The van der Waals surface area contributed by atoms with Crippen LogP contribution in [0.15, 0.2) is 85.2 Å². The van der Waals surface area contributed by atoms with Gasteiger partial charge in [-0.2, -0.15) is 13.2 Å². The van der Waals surface area contributed by atoms with Gasteiger partial charge in [0.15, 0.2) is 11.5 Å². The average Bonchev–Trinajstić information content (AvgIpc) is 3.45. The first-order valence-electron chi connectivity index (χ1n) is 12.7. The molecule has 1 aliphatic carbocycles. The summed E-state index contributed by atoms with van der Waals surface area (Å²) in [4.78, 5) is 4.06. The van der Waals surface area contributed by atoms with Crippen molar-refractivity contribution in [2.45, 2.75) is 38.0 Å². The maximum atomic E-state index is 13.8. The van der Waals surface area contributed by atoms with Crippen LogP contribution in [0.3, 0.4) is 0 Å². The highest BCUT2D eigenvalue weighted by Gasteiger charge is 2.33. The molecule has 0 amide bonds. The fraction of sp³-hybridized carbons (Fsp3) is 0.219. The Morgan fingerprint density at radius 2 is 1.50 bits per heavy atom. The van der Waals surface area contributed by atoms with E-state index in [-0.39, 0.29) is 11.7 Å².